The lowest BCUT2D eigenvalue weighted by Crippen LogP contribution is -2.20. The van der Waals surface area contributed by atoms with Crippen molar-refractivity contribution in [3.63, 3.8) is 0 Å². The van der Waals surface area contributed by atoms with Crippen molar-refractivity contribution in [1.29, 1.82) is 0 Å². The molecule has 0 bridgehead atoms. The molecule has 0 spiro atoms. The molecule has 5 heteroatoms. The molecule has 0 fully saturated rings. The van der Waals surface area contributed by atoms with Crippen molar-refractivity contribution < 1.29 is 9.53 Å². The fourth-order valence-corrected chi connectivity index (χ4v) is 2.79. The first-order valence-electron chi connectivity index (χ1n) is 5.14. The van der Waals surface area contributed by atoms with Crippen molar-refractivity contribution >= 4 is 28.7 Å². The smallest absolute Gasteiger partial charge is 0.170 e. The summed E-state index contributed by atoms with van der Waals surface area (Å²) in [7, 11) is 0. The molecular weight excluding hydrogens is 258 g/mol. The van der Waals surface area contributed by atoms with E-state index in [2.05, 4.69) is 4.98 Å². The normalized spacial score (nSPS) is 18.6. The summed E-state index contributed by atoms with van der Waals surface area (Å²) >= 11 is 7.18. The quantitative estimate of drug-likeness (QED) is 0.792. The zero-order chi connectivity index (χ0) is 11.8. The van der Waals surface area contributed by atoms with Crippen LogP contribution in [0, 0.1) is 0 Å². The maximum atomic E-state index is 11.9. The number of rotatable bonds is 1. The highest BCUT2D eigenvalue weighted by atomic mass is 35.5. The second-order valence-corrected chi connectivity index (χ2v) is 5.43. The number of carbonyl (C=O) groups is 1. The maximum Gasteiger partial charge on any atom is 0.170 e. The molecule has 1 atom stereocenters. The molecule has 1 aromatic carbocycles. The van der Waals surface area contributed by atoms with Crippen molar-refractivity contribution in [2.45, 2.75) is 12.5 Å². The number of halogens is 1. The lowest BCUT2D eigenvalue weighted by atomic mass is 10.0. The van der Waals surface area contributed by atoms with Crippen LogP contribution in [0.4, 0.5) is 0 Å². The summed E-state index contributed by atoms with van der Waals surface area (Å²) in [6, 6.07) is 7.27. The number of para-hydroxylation sites is 1. The van der Waals surface area contributed by atoms with Crippen molar-refractivity contribution in [1.82, 2.24) is 4.98 Å². The third-order valence-corrected chi connectivity index (χ3v) is 3.81. The molecule has 0 N–H and O–H groups in total. The molecule has 0 aliphatic carbocycles. The minimum Gasteiger partial charge on any atom is -0.482 e. The van der Waals surface area contributed by atoms with Gasteiger partial charge in [0.1, 0.15) is 15.1 Å². The van der Waals surface area contributed by atoms with Gasteiger partial charge in [0.25, 0.3) is 0 Å². The first-order chi connectivity index (χ1) is 8.24. The molecule has 2 heterocycles. The van der Waals surface area contributed by atoms with Crippen LogP contribution in [-0.4, -0.2) is 10.8 Å². The molecule has 3 nitrogen and oxygen atoms in total. The number of benzene rings is 1. The summed E-state index contributed by atoms with van der Waals surface area (Å²) in [5.74, 6) is 0.711. The zero-order valence-electron chi connectivity index (χ0n) is 8.72. The van der Waals surface area contributed by atoms with Gasteiger partial charge in [-0.1, -0.05) is 23.7 Å². The second-order valence-electron chi connectivity index (χ2n) is 3.73. The third kappa shape index (κ3) is 1.94. The average Bonchev–Trinajstić information content (AvgIpc) is 2.76. The molecule has 1 aliphatic rings. The van der Waals surface area contributed by atoms with Gasteiger partial charge in [-0.05, 0) is 12.1 Å². The number of hydrogen-bond donors (Lipinski definition) is 0. The Kier molecular flexibility index (Phi) is 2.61. The Bertz CT molecular complexity index is 581. The Balaban J connectivity index is 1.96. The van der Waals surface area contributed by atoms with E-state index >= 15 is 0 Å². The van der Waals surface area contributed by atoms with Gasteiger partial charge < -0.3 is 4.74 Å². The Hall–Kier alpha value is -1.39. The molecule has 17 heavy (non-hydrogen) atoms. The molecule has 1 aromatic heterocycles. The van der Waals surface area contributed by atoms with Gasteiger partial charge in [-0.15, -0.1) is 11.3 Å². The average molecular weight is 266 g/mol. The number of hydrogen-bond acceptors (Lipinski definition) is 4. The van der Waals surface area contributed by atoms with E-state index in [0.717, 1.165) is 5.01 Å². The fraction of sp³-hybridized carbons (Fsp3) is 0.167. The Morgan fingerprint density at radius 1 is 1.41 bits per heavy atom. The van der Waals surface area contributed by atoms with Gasteiger partial charge >= 0.3 is 0 Å². The molecule has 0 saturated carbocycles. The SMILES string of the molecule is O=C1CC(c2ncc(Cl)s2)Oc2ccccc21. The van der Waals surface area contributed by atoms with Crippen LogP contribution in [0.25, 0.3) is 0 Å². The molecule has 2 aromatic rings. The van der Waals surface area contributed by atoms with Crippen LogP contribution in [0.2, 0.25) is 4.34 Å². The first-order valence-corrected chi connectivity index (χ1v) is 6.33. The summed E-state index contributed by atoms with van der Waals surface area (Å²) in [5, 5.41) is 0.748. The monoisotopic (exact) mass is 265 g/mol. The van der Waals surface area contributed by atoms with Gasteiger partial charge in [0.05, 0.1) is 18.2 Å². The van der Waals surface area contributed by atoms with Crippen molar-refractivity contribution in [3.05, 3.63) is 45.4 Å². The van der Waals surface area contributed by atoms with Gasteiger partial charge in [-0.3, -0.25) is 4.79 Å². The minimum atomic E-state index is -0.310. The number of thiazole rings is 1. The number of nitrogens with zero attached hydrogens (tertiary/aromatic N) is 1. The fourth-order valence-electron chi connectivity index (χ4n) is 1.83. The lowest BCUT2D eigenvalue weighted by Gasteiger charge is -2.23. The highest BCUT2D eigenvalue weighted by Crippen LogP contribution is 2.36. The molecule has 0 saturated heterocycles. The van der Waals surface area contributed by atoms with E-state index in [-0.39, 0.29) is 11.9 Å². The Morgan fingerprint density at radius 2 is 2.24 bits per heavy atom. The minimum absolute atomic E-state index is 0.0863. The van der Waals surface area contributed by atoms with Crippen molar-refractivity contribution in [3.8, 4) is 5.75 Å². The van der Waals surface area contributed by atoms with Crippen LogP contribution in [-0.2, 0) is 0 Å². The molecule has 3 rings (SSSR count). The topological polar surface area (TPSA) is 39.2 Å². The largest absolute Gasteiger partial charge is 0.482 e. The maximum absolute atomic E-state index is 11.9. The summed E-state index contributed by atoms with van der Waals surface area (Å²) in [4.78, 5) is 16.1. The predicted molar refractivity (Wildman–Crippen MR) is 65.9 cm³/mol. The van der Waals surface area contributed by atoms with Gasteiger partial charge in [-0.25, -0.2) is 4.98 Å². The molecule has 86 valence electrons. The molecule has 0 radical (unpaired) electrons. The number of aromatic nitrogens is 1. The van der Waals surface area contributed by atoms with Crippen LogP contribution < -0.4 is 4.74 Å². The van der Waals surface area contributed by atoms with Crippen LogP contribution in [0.1, 0.15) is 27.9 Å². The highest BCUT2D eigenvalue weighted by molar-refractivity contribution is 7.15. The Labute approximate surface area is 107 Å². The number of ether oxygens (including phenoxy) is 1. The van der Waals surface area contributed by atoms with E-state index in [4.69, 9.17) is 16.3 Å². The van der Waals surface area contributed by atoms with E-state index in [0.29, 0.717) is 22.1 Å². The van der Waals surface area contributed by atoms with E-state index in [1.807, 2.05) is 12.1 Å². The van der Waals surface area contributed by atoms with Crippen molar-refractivity contribution in [2.24, 2.45) is 0 Å². The molecule has 1 unspecified atom stereocenters. The summed E-state index contributed by atoms with van der Waals surface area (Å²) in [5.41, 5.74) is 0.645. The van der Waals surface area contributed by atoms with Gasteiger partial charge in [0.15, 0.2) is 11.9 Å². The van der Waals surface area contributed by atoms with Crippen LogP contribution in [0.15, 0.2) is 30.5 Å². The van der Waals surface area contributed by atoms with Crippen LogP contribution in [0.5, 0.6) is 5.75 Å². The third-order valence-electron chi connectivity index (χ3n) is 2.60. The standard InChI is InChI=1S/C12H8ClNO2S/c13-11-6-14-12(17-11)10-5-8(15)7-3-1-2-4-9(7)16-10/h1-4,6,10H,5H2. The van der Waals surface area contributed by atoms with Gasteiger partial charge in [-0.2, -0.15) is 0 Å². The lowest BCUT2D eigenvalue weighted by molar-refractivity contribution is 0.0850. The van der Waals surface area contributed by atoms with E-state index in [9.17, 15) is 4.79 Å². The molecule has 1 aliphatic heterocycles. The van der Waals surface area contributed by atoms with Crippen molar-refractivity contribution in [2.75, 3.05) is 0 Å². The Morgan fingerprint density at radius 3 is 3.00 bits per heavy atom. The number of fused-ring (bicyclic) bond motifs is 1. The van der Waals surface area contributed by atoms with Crippen LogP contribution >= 0.6 is 22.9 Å². The number of carbonyl (C=O) groups excluding carboxylic acids is 1. The number of ketones is 1. The number of Topliss-reactive ketones (excluding diaryl/α,β-unsaturated/α-hetero) is 1. The van der Waals surface area contributed by atoms with E-state index < -0.39 is 0 Å². The van der Waals surface area contributed by atoms with Gasteiger partial charge in [0, 0.05) is 0 Å². The predicted octanol–water partition coefficient (Wildman–Crippen LogP) is 3.50. The second kappa shape index (κ2) is 4.13. The molecular formula is C12H8ClNO2S. The van der Waals surface area contributed by atoms with E-state index in [1.165, 1.54) is 11.3 Å². The zero-order valence-corrected chi connectivity index (χ0v) is 10.3. The summed E-state index contributed by atoms with van der Waals surface area (Å²) < 4.78 is 6.38. The molecule has 0 amide bonds. The van der Waals surface area contributed by atoms with E-state index in [1.54, 1.807) is 18.3 Å². The first kappa shape index (κ1) is 10.7. The summed E-state index contributed by atoms with van der Waals surface area (Å²) in [6.45, 7) is 0. The van der Waals surface area contributed by atoms with Crippen LogP contribution in [0.3, 0.4) is 0 Å². The van der Waals surface area contributed by atoms with Gasteiger partial charge in [0.2, 0.25) is 0 Å². The highest BCUT2D eigenvalue weighted by Gasteiger charge is 2.29. The summed E-state index contributed by atoms with van der Waals surface area (Å²) in [6.07, 6.45) is 1.59.